The molecule has 0 bridgehead atoms. The lowest BCUT2D eigenvalue weighted by Gasteiger charge is -2.31. The molecule has 2 aliphatic carbocycles. The number of anilines is 1. The lowest BCUT2D eigenvalue weighted by molar-refractivity contribution is -0.122. The predicted molar refractivity (Wildman–Crippen MR) is 95.7 cm³/mol. The van der Waals surface area contributed by atoms with E-state index < -0.39 is 5.54 Å². The number of benzene rings is 1. The second-order valence-electron chi connectivity index (χ2n) is 7.31. The molecule has 2 aliphatic rings. The summed E-state index contributed by atoms with van der Waals surface area (Å²) >= 11 is 0. The molecule has 1 amide bonds. The van der Waals surface area contributed by atoms with E-state index in [4.69, 9.17) is 15.0 Å². The number of aromatic nitrogens is 2. The van der Waals surface area contributed by atoms with E-state index in [2.05, 4.69) is 15.5 Å². The molecule has 0 spiro atoms. The van der Waals surface area contributed by atoms with Gasteiger partial charge in [0.2, 0.25) is 17.6 Å². The van der Waals surface area contributed by atoms with Gasteiger partial charge in [-0.3, -0.25) is 4.79 Å². The first-order valence-corrected chi connectivity index (χ1v) is 9.28. The van der Waals surface area contributed by atoms with Gasteiger partial charge in [-0.2, -0.15) is 4.98 Å². The standard InChI is InChI=1S/C19H24N4O3/c20-19(10-2-1-3-11-19)18(24)21-14-6-8-15(9-7-14)25-12-16-22-17(26-23-16)13-4-5-13/h6-9,13H,1-5,10-12,20H2,(H,21,24). The molecule has 7 heteroatoms. The number of rotatable bonds is 6. The first kappa shape index (κ1) is 17.0. The topological polar surface area (TPSA) is 103 Å². The van der Waals surface area contributed by atoms with Crippen molar-refractivity contribution < 1.29 is 14.1 Å². The van der Waals surface area contributed by atoms with Gasteiger partial charge in [-0.15, -0.1) is 0 Å². The van der Waals surface area contributed by atoms with Crippen molar-refractivity contribution in [3.8, 4) is 5.75 Å². The number of nitrogens with one attached hydrogen (secondary N) is 1. The number of hydrogen-bond acceptors (Lipinski definition) is 6. The van der Waals surface area contributed by atoms with Crippen molar-refractivity contribution in [3.63, 3.8) is 0 Å². The van der Waals surface area contributed by atoms with Crippen LogP contribution in [-0.2, 0) is 11.4 Å². The highest BCUT2D eigenvalue weighted by atomic mass is 16.5. The number of amides is 1. The molecule has 2 aromatic rings. The maximum Gasteiger partial charge on any atom is 0.244 e. The lowest BCUT2D eigenvalue weighted by atomic mass is 9.82. The van der Waals surface area contributed by atoms with E-state index in [-0.39, 0.29) is 12.5 Å². The Bertz CT molecular complexity index is 761. The van der Waals surface area contributed by atoms with Crippen molar-refractivity contribution in [2.45, 2.75) is 63.0 Å². The molecule has 7 nitrogen and oxygen atoms in total. The fourth-order valence-corrected chi connectivity index (χ4v) is 3.27. The van der Waals surface area contributed by atoms with Crippen LogP contribution in [0.4, 0.5) is 5.69 Å². The second-order valence-corrected chi connectivity index (χ2v) is 7.31. The number of carbonyl (C=O) groups is 1. The Kier molecular flexibility index (Phi) is 4.63. The molecule has 1 aromatic heterocycles. The lowest BCUT2D eigenvalue weighted by Crippen LogP contribution is -2.52. The van der Waals surface area contributed by atoms with E-state index in [0.717, 1.165) is 44.9 Å². The molecule has 138 valence electrons. The Morgan fingerprint density at radius 2 is 1.96 bits per heavy atom. The van der Waals surface area contributed by atoms with Gasteiger partial charge in [0.05, 0.1) is 5.54 Å². The van der Waals surface area contributed by atoms with Gasteiger partial charge in [0, 0.05) is 11.6 Å². The Hall–Kier alpha value is -2.41. The molecule has 0 atom stereocenters. The smallest absolute Gasteiger partial charge is 0.244 e. The molecule has 4 rings (SSSR count). The molecule has 2 fully saturated rings. The Morgan fingerprint density at radius 1 is 1.23 bits per heavy atom. The van der Waals surface area contributed by atoms with E-state index in [1.807, 2.05) is 24.3 Å². The summed E-state index contributed by atoms with van der Waals surface area (Å²) in [5, 5.41) is 6.84. The molecular weight excluding hydrogens is 332 g/mol. The van der Waals surface area contributed by atoms with Gasteiger partial charge < -0.3 is 20.3 Å². The molecule has 0 saturated heterocycles. The van der Waals surface area contributed by atoms with Gasteiger partial charge in [0.15, 0.2) is 6.61 Å². The highest BCUT2D eigenvalue weighted by molar-refractivity contribution is 5.98. The van der Waals surface area contributed by atoms with Crippen molar-refractivity contribution >= 4 is 11.6 Å². The Labute approximate surface area is 152 Å². The summed E-state index contributed by atoms with van der Waals surface area (Å²) in [6.45, 7) is 0.258. The maximum absolute atomic E-state index is 12.5. The van der Waals surface area contributed by atoms with Crippen molar-refractivity contribution in [3.05, 3.63) is 36.0 Å². The van der Waals surface area contributed by atoms with Crippen LogP contribution in [0.3, 0.4) is 0 Å². The highest BCUT2D eigenvalue weighted by Crippen LogP contribution is 2.38. The van der Waals surface area contributed by atoms with Crippen LogP contribution in [0, 0.1) is 0 Å². The van der Waals surface area contributed by atoms with Crippen LogP contribution in [0.2, 0.25) is 0 Å². The normalized spacial score (nSPS) is 19.1. The number of nitrogens with two attached hydrogens (primary N) is 1. The Morgan fingerprint density at radius 3 is 2.65 bits per heavy atom. The van der Waals surface area contributed by atoms with E-state index in [9.17, 15) is 4.79 Å². The zero-order valence-corrected chi connectivity index (χ0v) is 14.7. The number of carbonyl (C=O) groups excluding carboxylic acids is 1. The number of ether oxygens (including phenoxy) is 1. The van der Waals surface area contributed by atoms with Crippen LogP contribution in [0.15, 0.2) is 28.8 Å². The van der Waals surface area contributed by atoms with Gasteiger partial charge in [0.25, 0.3) is 0 Å². The fraction of sp³-hybridized carbons (Fsp3) is 0.526. The van der Waals surface area contributed by atoms with Crippen LogP contribution < -0.4 is 15.8 Å². The monoisotopic (exact) mass is 356 g/mol. The summed E-state index contributed by atoms with van der Waals surface area (Å²) < 4.78 is 10.9. The second kappa shape index (κ2) is 7.07. The SMILES string of the molecule is NC1(C(=O)Nc2ccc(OCc3noc(C4CC4)n3)cc2)CCCCC1. The molecule has 2 saturated carbocycles. The molecular formula is C19H24N4O3. The molecule has 3 N–H and O–H groups in total. The number of nitrogens with zero attached hydrogens (tertiary/aromatic N) is 2. The summed E-state index contributed by atoms with van der Waals surface area (Å²) in [7, 11) is 0. The van der Waals surface area contributed by atoms with Crippen molar-refractivity contribution in [2.75, 3.05) is 5.32 Å². The van der Waals surface area contributed by atoms with Gasteiger partial charge in [0.1, 0.15) is 5.75 Å². The molecule has 1 heterocycles. The minimum atomic E-state index is -0.745. The van der Waals surface area contributed by atoms with E-state index in [1.54, 1.807) is 0 Å². The van der Waals surface area contributed by atoms with E-state index >= 15 is 0 Å². The van der Waals surface area contributed by atoms with Gasteiger partial charge in [-0.05, 0) is 49.9 Å². The van der Waals surface area contributed by atoms with Crippen LogP contribution in [0.5, 0.6) is 5.75 Å². The van der Waals surface area contributed by atoms with Crippen LogP contribution in [-0.4, -0.2) is 21.6 Å². The summed E-state index contributed by atoms with van der Waals surface area (Å²) in [4.78, 5) is 16.8. The third kappa shape index (κ3) is 3.88. The highest BCUT2D eigenvalue weighted by Gasteiger charge is 2.35. The minimum Gasteiger partial charge on any atom is -0.485 e. The van der Waals surface area contributed by atoms with Crippen molar-refractivity contribution in [1.82, 2.24) is 10.1 Å². The third-order valence-electron chi connectivity index (χ3n) is 5.09. The largest absolute Gasteiger partial charge is 0.485 e. The van der Waals surface area contributed by atoms with E-state index in [0.29, 0.717) is 29.1 Å². The first-order chi connectivity index (χ1) is 12.6. The zero-order chi connectivity index (χ0) is 18.0. The summed E-state index contributed by atoms with van der Waals surface area (Å²) in [5.74, 6) is 2.27. The number of hydrogen-bond donors (Lipinski definition) is 2. The van der Waals surface area contributed by atoms with Crippen LogP contribution in [0.25, 0.3) is 0 Å². The van der Waals surface area contributed by atoms with Gasteiger partial charge in [-0.25, -0.2) is 0 Å². The van der Waals surface area contributed by atoms with Gasteiger partial charge >= 0.3 is 0 Å². The fourth-order valence-electron chi connectivity index (χ4n) is 3.27. The zero-order valence-electron chi connectivity index (χ0n) is 14.7. The Balaban J connectivity index is 1.30. The molecule has 26 heavy (non-hydrogen) atoms. The van der Waals surface area contributed by atoms with Crippen LogP contribution in [0.1, 0.15) is 62.6 Å². The quantitative estimate of drug-likeness (QED) is 0.824. The molecule has 0 unspecified atom stereocenters. The van der Waals surface area contributed by atoms with E-state index in [1.165, 1.54) is 0 Å². The summed E-state index contributed by atoms with van der Waals surface area (Å²) in [6.07, 6.45) is 6.91. The summed E-state index contributed by atoms with van der Waals surface area (Å²) in [5.41, 5.74) is 6.23. The maximum atomic E-state index is 12.5. The summed E-state index contributed by atoms with van der Waals surface area (Å²) in [6, 6.07) is 7.24. The minimum absolute atomic E-state index is 0.106. The first-order valence-electron chi connectivity index (χ1n) is 9.28. The molecule has 0 aliphatic heterocycles. The van der Waals surface area contributed by atoms with Crippen LogP contribution >= 0.6 is 0 Å². The average Bonchev–Trinajstić information content (AvgIpc) is 3.40. The predicted octanol–water partition coefficient (Wildman–Crippen LogP) is 3.13. The average molecular weight is 356 g/mol. The third-order valence-corrected chi connectivity index (χ3v) is 5.09. The van der Waals surface area contributed by atoms with Gasteiger partial charge in [-0.1, -0.05) is 24.4 Å². The molecule has 0 radical (unpaired) electrons. The van der Waals surface area contributed by atoms with Crippen molar-refractivity contribution in [2.24, 2.45) is 5.73 Å². The molecule has 1 aromatic carbocycles. The van der Waals surface area contributed by atoms with Crippen molar-refractivity contribution in [1.29, 1.82) is 0 Å².